The summed E-state index contributed by atoms with van der Waals surface area (Å²) >= 11 is 10.5. The zero-order valence-electron chi connectivity index (χ0n) is 51.5. The number of hydrogen-bond donors (Lipinski definition) is 5. The van der Waals surface area contributed by atoms with Gasteiger partial charge >= 0.3 is 29.8 Å². The minimum absolute atomic E-state index is 0.0341. The van der Waals surface area contributed by atoms with E-state index in [0.717, 1.165) is 167 Å². The van der Waals surface area contributed by atoms with E-state index in [4.69, 9.17) is 0 Å². The fraction of sp³-hybridized carbons (Fsp3) is 0.188. The molecule has 0 saturated carbocycles. The van der Waals surface area contributed by atoms with Crippen LogP contribution in [0.5, 0.6) is 0 Å². The molecule has 0 bridgehead atoms. The second-order valence-corrected chi connectivity index (χ2v) is 29.0. The largest absolute Gasteiger partial charge is 0.481 e. The van der Waals surface area contributed by atoms with Crippen LogP contribution in [-0.2, 0) is 83.2 Å². The number of benzene rings is 10. The van der Waals surface area contributed by atoms with Crippen LogP contribution in [0.15, 0.2) is 204 Å². The maximum Gasteiger partial charge on any atom is 0.303 e. The van der Waals surface area contributed by atoms with Crippen LogP contribution in [0.3, 0.4) is 0 Å². The van der Waals surface area contributed by atoms with Crippen molar-refractivity contribution >= 4 is 41.4 Å². The van der Waals surface area contributed by atoms with Gasteiger partial charge in [-0.3, -0.25) is 24.0 Å². The summed E-state index contributed by atoms with van der Waals surface area (Å²) in [6.45, 7) is 0. The summed E-state index contributed by atoms with van der Waals surface area (Å²) in [6, 6.07) is 67.4. The van der Waals surface area contributed by atoms with Crippen molar-refractivity contribution in [2.75, 3.05) is 0 Å². The Labute approximate surface area is 555 Å². The first-order valence-electron chi connectivity index (χ1n) is 33.3. The number of fused-ring (bicyclic) bond motifs is 5. The first kappa shape index (κ1) is 54.7. The maximum atomic E-state index is 12.3. The predicted molar refractivity (Wildman–Crippen MR) is 361 cm³/mol. The molecule has 10 aromatic rings. The van der Waals surface area contributed by atoms with E-state index in [0.29, 0.717) is 32.1 Å². The SMILES string of the molecule is O=C(O)CCc1ccc(C23c4c5ccc6c4[C@@]4(c7ccc(CCC(=O)O)cc7)C7=C8C9=C(C72Cl)[C@@]2(c7ccc(CCC(=O)O)cc7)c7c(ccc-5c73)-c3ccc5c(c32)[C@@]9(c2ccc(CCC(=O)O)cc2)c2c-5ccc3c2[C@@]8(c2ccc(CCC(=O)O)cc2)c2c-3ccc-6c24)cc1. The third-order valence-electron chi connectivity index (χ3n) is 24.8. The molecule has 0 spiro atoms. The summed E-state index contributed by atoms with van der Waals surface area (Å²) in [4.78, 5) is 60.2. The Morgan fingerprint density at radius 1 is 0.250 bits per heavy atom. The lowest BCUT2D eigenvalue weighted by Crippen LogP contribution is -2.65. The van der Waals surface area contributed by atoms with Crippen LogP contribution in [0.25, 0.3) is 55.6 Å². The summed E-state index contributed by atoms with van der Waals surface area (Å²) in [6.07, 6.45) is 1.48. The highest BCUT2D eigenvalue weighted by atomic mass is 35.5. The van der Waals surface area contributed by atoms with Crippen LogP contribution in [-0.4, -0.2) is 60.3 Å². The topological polar surface area (TPSA) is 186 Å². The second kappa shape index (κ2) is 17.6. The second-order valence-electron chi connectivity index (χ2n) is 28.4. The molecule has 10 nitrogen and oxygen atoms in total. The molecule has 0 aromatic heterocycles. The van der Waals surface area contributed by atoms with E-state index < -0.39 is 61.8 Å². The van der Waals surface area contributed by atoms with Gasteiger partial charge in [0.05, 0.1) is 27.1 Å². The van der Waals surface area contributed by atoms with E-state index in [1.807, 2.05) is 0 Å². The lowest BCUT2D eigenvalue weighted by Gasteiger charge is -2.64. The van der Waals surface area contributed by atoms with Gasteiger partial charge in [-0.05, 0) is 221 Å². The fourth-order valence-electron chi connectivity index (χ4n) is 21.9. The van der Waals surface area contributed by atoms with E-state index in [9.17, 15) is 61.1 Å². The van der Waals surface area contributed by atoms with Crippen LogP contribution in [0, 0.1) is 0 Å². The van der Waals surface area contributed by atoms with E-state index in [1.54, 1.807) is 0 Å². The average Bonchev–Trinajstić information content (AvgIpc) is 1.39. The number of carbonyl (C=O) groups is 5. The first-order chi connectivity index (χ1) is 46.6. The Morgan fingerprint density at radius 2 is 0.438 bits per heavy atom. The third kappa shape index (κ3) is 5.64. The quantitative estimate of drug-likeness (QED) is 0.0460. The monoisotopic (exact) mass is 1270 g/mol. The summed E-state index contributed by atoms with van der Waals surface area (Å²) in [5.41, 5.74) is 30.9. The molecule has 10 aromatic carbocycles. The number of allylic oxidation sites excluding steroid dienone is 4. The molecule has 6 atom stereocenters. The van der Waals surface area contributed by atoms with Gasteiger partial charge in [-0.25, -0.2) is 0 Å². The fourth-order valence-corrected chi connectivity index (χ4v) is 22.7. The number of rotatable bonds is 20. The van der Waals surface area contributed by atoms with Crippen LogP contribution in [0.1, 0.15) is 143 Å². The molecule has 2 unspecified atom stereocenters. The molecule has 21 rings (SSSR count). The highest BCUT2D eigenvalue weighted by Gasteiger charge is 2.86. The van der Waals surface area contributed by atoms with Crippen molar-refractivity contribution in [3.05, 3.63) is 316 Å². The molecule has 0 fully saturated rings. The zero-order chi connectivity index (χ0) is 64.8. The van der Waals surface area contributed by atoms with Gasteiger partial charge in [0, 0.05) is 32.1 Å². The van der Waals surface area contributed by atoms with Gasteiger partial charge in [-0.15, -0.1) is 11.6 Å². The Hall–Kier alpha value is -10.7. The Morgan fingerprint density at radius 3 is 0.667 bits per heavy atom. The van der Waals surface area contributed by atoms with Gasteiger partial charge in [0.25, 0.3) is 0 Å². The van der Waals surface area contributed by atoms with Gasteiger partial charge in [-0.1, -0.05) is 182 Å². The van der Waals surface area contributed by atoms with Crippen molar-refractivity contribution in [3.63, 3.8) is 0 Å². The minimum atomic E-state index is -1.55. The molecule has 96 heavy (non-hydrogen) atoms. The number of alkyl halides is 1. The lowest BCUT2D eigenvalue weighted by atomic mass is 9.40. The molecule has 462 valence electrons. The number of carboxylic acids is 5. The molecule has 11 aliphatic carbocycles. The van der Waals surface area contributed by atoms with Gasteiger partial charge in [-0.2, -0.15) is 0 Å². The number of carboxylic acid groups (broad SMARTS) is 5. The van der Waals surface area contributed by atoms with Crippen molar-refractivity contribution in [1.29, 1.82) is 0 Å². The van der Waals surface area contributed by atoms with E-state index >= 15 is 0 Å². The van der Waals surface area contributed by atoms with Crippen LogP contribution in [0.4, 0.5) is 0 Å². The Bertz CT molecular complexity index is 5270. The molecule has 0 radical (unpaired) electrons. The first-order valence-corrected chi connectivity index (χ1v) is 33.7. The van der Waals surface area contributed by atoms with Crippen molar-refractivity contribution < 1.29 is 49.5 Å². The van der Waals surface area contributed by atoms with Crippen LogP contribution < -0.4 is 0 Å². The van der Waals surface area contributed by atoms with Crippen LogP contribution >= 0.6 is 11.6 Å². The Kier molecular flexibility index (Phi) is 10.0. The standard InChI is InChI=1S/C85H55ClO10/c86-85-78-76-77-79(85)83(49-22-7-44(8-23-49)14-39-64(93)94)71-56-31-29-54-52-27-26-51-53-28-30-55-57-32-34-59-60-35-33-58(56)73(83)75(60)84(85,50-24-9-45(10-25-50)15-40-65(95)96)74(59)72(57)82(78,48-20-5-43(6-21-48)13-38-63(91)92)70(55)68(53)80(76,46-16-1-41(2-17-46)11-36-61(87)88)66(51)67(52)81(77,69(54)71)47-18-3-42(4-19-47)12-37-62(89)90/h1-10,16-35H,11-15,36-40H2,(H,87,88)(H,89,90)(H,91,92)(H,93,94)(H,95,96)/t80-,81+,82-,83+,84?,85?. The lowest BCUT2D eigenvalue weighted by molar-refractivity contribution is -0.138. The molecule has 0 heterocycles. The van der Waals surface area contributed by atoms with Crippen molar-refractivity contribution in [2.24, 2.45) is 0 Å². The van der Waals surface area contributed by atoms with Gasteiger partial charge < -0.3 is 25.5 Å². The number of aliphatic carboxylic acids is 5. The molecule has 11 aliphatic rings. The zero-order valence-corrected chi connectivity index (χ0v) is 52.3. The van der Waals surface area contributed by atoms with Crippen LogP contribution in [0.2, 0.25) is 0 Å². The summed E-state index contributed by atoms with van der Waals surface area (Å²) in [5, 5.41) is 50.6. The van der Waals surface area contributed by atoms with E-state index in [1.165, 1.54) is 22.3 Å². The summed E-state index contributed by atoms with van der Waals surface area (Å²) in [5.74, 6) is -4.38. The molecule has 11 heteroatoms. The summed E-state index contributed by atoms with van der Waals surface area (Å²) in [7, 11) is 0. The van der Waals surface area contributed by atoms with Crippen molar-refractivity contribution in [1.82, 2.24) is 0 Å². The molecular weight excluding hydrogens is 1220 g/mol. The smallest absolute Gasteiger partial charge is 0.303 e. The third-order valence-corrected chi connectivity index (χ3v) is 25.4. The molecular formula is C85H55ClO10. The highest BCUT2D eigenvalue weighted by Crippen LogP contribution is 2.92. The molecule has 0 amide bonds. The molecule has 0 aliphatic heterocycles. The Balaban J connectivity index is 1.03. The number of hydrogen-bond acceptors (Lipinski definition) is 5. The normalized spacial score (nSPS) is 24.1. The van der Waals surface area contributed by atoms with E-state index in [-0.39, 0.29) is 32.1 Å². The average molecular weight is 1270 g/mol. The van der Waals surface area contributed by atoms with Gasteiger partial charge in [0.15, 0.2) is 0 Å². The number of halogens is 1. The highest BCUT2D eigenvalue weighted by molar-refractivity contribution is 6.35. The van der Waals surface area contributed by atoms with Crippen molar-refractivity contribution in [3.8, 4) is 55.6 Å². The van der Waals surface area contributed by atoms with E-state index in [2.05, 4.69) is 182 Å². The minimum Gasteiger partial charge on any atom is -0.481 e. The molecule has 5 N–H and O–H groups in total. The van der Waals surface area contributed by atoms with Gasteiger partial charge in [0.2, 0.25) is 0 Å². The summed E-state index contributed by atoms with van der Waals surface area (Å²) < 4.78 is 0. The molecule has 0 saturated heterocycles. The predicted octanol–water partition coefficient (Wildman–Crippen LogP) is 15.3. The van der Waals surface area contributed by atoms with Crippen molar-refractivity contribution in [2.45, 2.75) is 96.2 Å². The van der Waals surface area contributed by atoms with Gasteiger partial charge in [0.1, 0.15) is 4.87 Å². The number of aryl methyl sites for hydroxylation is 5. The maximum absolute atomic E-state index is 12.3.